The van der Waals surface area contributed by atoms with E-state index in [0.29, 0.717) is 35.7 Å². The number of hydrogen-bond acceptors (Lipinski definition) is 5. The van der Waals surface area contributed by atoms with E-state index in [1.165, 1.54) is 7.11 Å². The number of carbonyl (C=O) groups is 3. The van der Waals surface area contributed by atoms with Gasteiger partial charge in [-0.25, -0.2) is 4.79 Å². The normalized spacial score (nSPS) is 13.3. The molecule has 0 aliphatic heterocycles. The largest absolute Gasteiger partial charge is 0.495 e. The topological polar surface area (TPSA) is 129 Å². The molecule has 4 amide bonds. The molecule has 0 heterocycles. The Bertz CT molecular complexity index is 1030. The van der Waals surface area contributed by atoms with Gasteiger partial charge in [-0.15, -0.1) is 0 Å². The van der Waals surface area contributed by atoms with Gasteiger partial charge in [-0.05, 0) is 30.4 Å². The maximum absolute atomic E-state index is 13.1. The number of carbonyl (C=O) groups excluding carboxylic acids is 3. The summed E-state index contributed by atoms with van der Waals surface area (Å²) in [5.74, 6) is -0.569. The number of hydrogen-bond donors (Lipinski definition) is 5. The summed E-state index contributed by atoms with van der Waals surface area (Å²) in [5.41, 5.74) is 1.58. The zero-order chi connectivity index (χ0) is 27.4. The smallest absolute Gasteiger partial charge is 0.315 e. The first-order valence-electron chi connectivity index (χ1n) is 12.3. The molecule has 2 rings (SSSR count). The van der Waals surface area contributed by atoms with E-state index in [9.17, 15) is 19.5 Å². The van der Waals surface area contributed by atoms with Gasteiger partial charge in [0.25, 0.3) is 5.91 Å². The van der Waals surface area contributed by atoms with Crippen LogP contribution in [0.5, 0.6) is 5.75 Å². The fourth-order valence-corrected chi connectivity index (χ4v) is 4.04. The van der Waals surface area contributed by atoms with Crippen molar-refractivity contribution in [2.75, 3.05) is 7.11 Å². The zero-order valence-corrected chi connectivity index (χ0v) is 22.5. The van der Waals surface area contributed by atoms with Crippen LogP contribution < -0.4 is 26.0 Å². The lowest BCUT2D eigenvalue weighted by Crippen LogP contribution is -2.56. The first-order valence-corrected chi connectivity index (χ1v) is 12.7. The first kappa shape index (κ1) is 29.9. The molecule has 0 fully saturated rings. The van der Waals surface area contributed by atoms with Gasteiger partial charge in [0.2, 0.25) is 5.91 Å². The number of halogens is 1. The van der Waals surface area contributed by atoms with Crippen LogP contribution in [0.25, 0.3) is 0 Å². The second kappa shape index (κ2) is 15.1. The standard InChI is InChI=1S/C27H37ClN4O5/c1-5-21(23(33)26(35)29-16-19-12-9-13-20(28)24(19)37-4)31-25(34)22(14-17(2)3)32-27(36)30-15-18-10-7-6-8-11-18/h6-13,17,21-23,33H,5,14-16H2,1-4H3,(H,29,35)(H,31,34)(H2,30,32,36)/t21?,22-,23?/m0/s1. The molecule has 9 nitrogen and oxygen atoms in total. The molecule has 0 saturated heterocycles. The monoisotopic (exact) mass is 532 g/mol. The summed E-state index contributed by atoms with van der Waals surface area (Å²) in [6.07, 6.45) is -0.807. The van der Waals surface area contributed by atoms with Gasteiger partial charge in [0, 0.05) is 18.7 Å². The number of nitrogens with one attached hydrogen (secondary N) is 4. The van der Waals surface area contributed by atoms with Gasteiger partial charge in [-0.1, -0.05) is 74.8 Å². The van der Waals surface area contributed by atoms with E-state index >= 15 is 0 Å². The summed E-state index contributed by atoms with van der Waals surface area (Å²) in [6.45, 7) is 6.03. The molecule has 37 heavy (non-hydrogen) atoms. The van der Waals surface area contributed by atoms with E-state index in [1.807, 2.05) is 44.2 Å². The van der Waals surface area contributed by atoms with Crippen molar-refractivity contribution in [1.82, 2.24) is 21.3 Å². The fraction of sp³-hybridized carbons (Fsp3) is 0.444. The second-order valence-corrected chi connectivity index (χ2v) is 9.52. The highest BCUT2D eigenvalue weighted by atomic mass is 35.5. The van der Waals surface area contributed by atoms with E-state index < -0.39 is 36.0 Å². The van der Waals surface area contributed by atoms with Crippen LogP contribution in [0, 0.1) is 5.92 Å². The maximum Gasteiger partial charge on any atom is 0.315 e. The Morgan fingerprint density at radius 1 is 0.946 bits per heavy atom. The number of benzene rings is 2. The molecule has 0 saturated carbocycles. The van der Waals surface area contributed by atoms with Crippen LogP contribution in [0.4, 0.5) is 4.79 Å². The Labute approximate surface area is 223 Å². The number of para-hydroxylation sites is 1. The van der Waals surface area contributed by atoms with Crippen LogP contribution in [0.1, 0.15) is 44.7 Å². The lowest BCUT2D eigenvalue weighted by Gasteiger charge is -2.26. The highest BCUT2D eigenvalue weighted by molar-refractivity contribution is 6.32. The van der Waals surface area contributed by atoms with Gasteiger partial charge >= 0.3 is 6.03 Å². The highest BCUT2D eigenvalue weighted by Crippen LogP contribution is 2.28. The molecule has 0 radical (unpaired) electrons. The van der Waals surface area contributed by atoms with Crippen LogP contribution in [-0.2, 0) is 22.7 Å². The summed E-state index contributed by atoms with van der Waals surface area (Å²) in [5, 5.41) is 21.9. The van der Waals surface area contributed by atoms with Gasteiger partial charge in [-0.2, -0.15) is 0 Å². The lowest BCUT2D eigenvalue weighted by atomic mass is 10.0. The summed E-state index contributed by atoms with van der Waals surface area (Å²) in [6, 6.07) is 12.4. The van der Waals surface area contributed by atoms with Crippen molar-refractivity contribution >= 4 is 29.4 Å². The third kappa shape index (κ3) is 9.59. The van der Waals surface area contributed by atoms with Crippen LogP contribution in [0.3, 0.4) is 0 Å². The SMILES string of the molecule is CCC(NC(=O)[C@H](CC(C)C)NC(=O)NCc1ccccc1)C(O)C(=O)NCc1cccc(Cl)c1OC. The Morgan fingerprint density at radius 3 is 2.27 bits per heavy atom. The summed E-state index contributed by atoms with van der Waals surface area (Å²) < 4.78 is 5.28. The summed E-state index contributed by atoms with van der Waals surface area (Å²) in [7, 11) is 1.48. The third-order valence-corrected chi connectivity index (χ3v) is 6.05. The summed E-state index contributed by atoms with van der Waals surface area (Å²) in [4.78, 5) is 38.2. The minimum atomic E-state index is -1.49. The number of urea groups is 1. The number of methoxy groups -OCH3 is 1. The van der Waals surface area contributed by atoms with Crippen molar-refractivity contribution in [2.24, 2.45) is 5.92 Å². The van der Waals surface area contributed by atoms with Crippen LogP contribution in [0.15, 0.2) is 48.5 Å². The molecule has 2 unspecified atom stereocenters. The number of aliphatic hydroxyl groups is 1. The van der Waals surface area contributed by atoms with Crippen molar-refractivity contribution in [3.8, 4) is 5.75 Å². The van der Waals surface area contributed by atoms with Crippen LogP contribution in [0.2, 0.25) is 5.02 Å². The van der Waals surface area contributed by atoms with Crippen LogP contribution in [-0.4, -0.2) is 48.2 Å². The minimum absolute atomic E-state index is 0.0864. The molecular weight excluding hydrogens is 496 g/mol. The van der Waals surface area contributed by atoms with Gasteiger partial charge in [0.15, 0.2) is 6.10 Å². The number of ether oxygens (including phenoxy) is 1. The number of aliphatic hydroxyl groups excluding tert-OH is 1. The Kier molecular flexibility index (Phi) is 12.2. The van der Waals surface area contributed by atoms with Crippen molar-refractivity contribution < 1.29 is 24.2 Å². The maximum atomic E-state index is 13.1. The fourth-order valence-electron chi connectivity index (χ4n) is 3.77. The van der Waals surface area contributed by atoms with E-state index in [1.54, 1.807) is 25.1 Å². The van der Waals surface area contributed by atoms with Crippen molar-refractivity contribution in [2.45, 2.75) is 64.9 Å². The molecule has 0 bridgehead atoms. The Hall–Kier alpha value is -3.30. The lowest BCUT2D eigenvalue weighted by molar-refractivity contribution is -0.132. The molecule has 10 heteroatoms. The molecule has 2 aromatic rings. The van der Waals surface area contributed by atoms with Gasteiger partial charge in [-0.3, -0.25) is 9.59 Å². The predicted molar refractivity (Wildman–Crippen MR) is 143 cm³/mol. The molecule has 2 aromatic carbocycles. The van der Waals surface area contributed by atoms with Crippen LogP contribution >= 0.6 is 11.6 Å². The molecule has 0 aliphatic carbocycles. The molecule has 0 aromatic heterocycles. The van der Waals surface area contributed by atoms with Gasteiger partial charge in [0.05, 0.1) is 18.2 Å². The van der Waals surface area contributed by atoms with Crippen molar-refractivity contribution in [3.05, 3.63) is 64.7 Å². The average Bonchev–Trinajstić information content (AvgIpc) is 2.88. The van der Waals surface area contributed by atoms with Crippen molar-refractivity contribution in [1.29, 1.82) is 0 Å². The minimum Gasteiger partial charge on any atom is -0.495 e. The number of amides is 4. The van der Waals surface area contributed by atoms with Gasteiger partial charge in [0.1, 0.15) is 11.8 Å². The van der Waals surface area contributed by atoms with Gasteiger partial charge < -0.3 is 31.1 Å². The quantitative estimate of drug-likeness (QED) is 0.271. The molecule has 0 aliphatic rings. The summed E-state index contributed by atoms with van der Waals surface area (Å²) >= 11 is 6.12. The molecular formula is C27H37ClN4O5. The second-order valence-electron chi connectivity index (χ2n) is 9.11. The number of rotatable bonds is 13. The van der Waals surface area contributed by atoms with E-state index in [2.05, 4.69) is 21.3 Å². The van der Waals surface area contributed by atoms with E-state index in [-0.39, 0.29) is 12.5 Å². The van der Waals surface area contributed by atoms with Crippen molar-refractivity contribution in [3.63, 3.8) is 0 Å². The van der Waals surface area contributed by atoms with E-state index in [4.69, 9.17) is 16.3 Å². The predicted octanol–water partition coefficient (Wildman–Crippen LogP) is 3.13. The molecule has 202 valence electrons. The molecule has 3 atom stereocenters. The Morgan fingerprint density at radius 2 is 1.65 bits per heavy atom. The molecule has 5 N–H and O–H groups in total. The highest BCUT2D eigenvalue weighted by Gasteiger charge is 2.30. The average molecular weight is 533 g/mol. The van der Waals surface area contributed by atoms with E-state index in [0.717, 1.165) is 5.56 Å². The third-order valence-electron chi connectivity index (χ3n) is 5.75. The first-order chi connectivity index (χ1) is 17.7. The zero-order valence-electron chi connectivity index (χ0n) is 21.7. The molecule has 0 spiro atoms. The Balaban J connectivity index is 1.97.